The molecule has 1 saturated carbocycles. The summed E-state index contributed by atoms with van der Waals surface area (Å²) in [6, 6.07) is 8.35. The first-order chi connectivity index (χ1) is 8.12. The topological polar surface area (TPSA) is 20.2 Å². The molecule has 0 atom stereocenters. The lowest BCUT2D eigenvalue weighted by Crippen LogP contribution is -2.44. The second-order valence-electron chi connectivity index (χ2n) is 7.76. The first-order valence-corrected chi connectivity index (χ1v) is 6.92. The van der Waals surface area contributed by atoms with E-state index in [2.05, 4.69) is 58.9 Å². The van der Waals surface area contributed by atoms with Gasteiger partial charge in [0.15, 0.2) is 0 Å². The van der Waals surface area contributed by atoms with Crippen molar-refractivity contribution in [2.24, 2.45) is 10.8 Å². The molecule has 0 spiro atoms. The van der Waals surface area contributed by atoms with Crippen molar-refractivity contribution < 1.29 is 5.11 Å². The third-order valence-electron chi connectivity index (χ3n) is 4.05. The predicted molar refractivity (Wildman–Crippen MR) is 76.5 cm³/mol. The zero-order valence-electron chi connectivity index (χ0n) is 12.4. The Balaban J connectivity index is 2.41. The fraction of sp³-hybridized carbons (Fsp3) is 0.647. The minimum atomic E-state index is -0.669. The number of rotatable bonds is 1. The van der Waals surface area contributed by atoms with Gasteiger partial charge in [-0.25, -0.2) is 0 Å². The first kappa shape index (κ1) is 13.6. The van der Waals surface area contributed by atoms with Crippen LogP contribution in [0.3, 0.4) is 0 Å². The Bertz CT molecular complexity index is 427. The Morgan fingerprint density at radius 1 is 0.944 bits per heavy atom. The van der Waals surface area contributed by atoms with E-state index in [0.29, 0.717) is 0 Å². The molecule has 0 bridgehead atoms. The molecule has 0 aromatic heterocycles. The molecule has 0 heterocycles. The molecule has 1 aromatic rings. The maximum absolute atomic E-state index is 11.1. The van der Waals surface area contributed by atoms with Crippen LogP contribution in [0.2, 0.25) is 0 Å². The zero-order chi connectivity index (χ0) is 13.6. The molecular weight excluding hydrogens is 220 g/mol. The lowest BCUT2D eigenvalue weighted by molar-refractivity contribution is -0.0913. The summed E-state index contributed by atoms with van der Waals surface area (Å²) < 4.78 is 0. The van der Waals surface area contributed by atoms with Crippen molar-refractivity contribution in [3.8, 4) is 0 Å². The Kier molecular flexibility index (Phi) is 3.09. The third-order valence-corrected chi connectivity index (χ3v) is 4.05. The Hall–Kier alpha value is -0.820. The lowest BCUT2D eigenvalue weighted by atomic mass is 9.58. The van der Waals surface area contributed by atoms with Gasteiger partial charge in [-0.05, 0) is 42.6 Å². The maximum atomic E-state index is 11.1. The lowest BCUT2D eigenvalue weighted by Gasteiger charge is -2.49. The summed E-state index contributed by atoms with van der Waals surface area (Å²) in [7, 11) is 0. The normalized spacial score (nSPS) is 24.8. The Labute approximate surface area is 111 Å². The van der Waals surface area contributed by atoms with Crippen LogP contribution < -0.4 is 0 Å². The average molecular weight is 246 g/mol. The summed E-state index contributed by atoms with van der Waals surface area (Å²) >= 11 is 0. The number of aryl methyl sites for hydroxylation is 1. The molecule has 0 unspecified atom stereocenters. The molecular formula is C17H26O. The second kappa shape index (κ2) is 4.09. The standard InChI is InChI=1S/C17H26O/c1-13-7-6-8-14(9-13)17(18)11-15(2,3)10-16(4,5)12-17/h6-9,18H,10-12H2,1-5H3. The molecule has 1 heteroatoms. The largest absolute Gasteiger partial charge is 0.385 e. The molecule has 0 amide bonds. The van der Waals surface area contributed by atoms with Crippen molar-refractivity contribution in [2.45, 2.75) is 59.5 Å². The van der Waals surface area contributed by atoms with E-state index in [-0.39, 0.29) is 10.8 Å². The van der Waals surface area contributed by atoms with Crippen LogP contribution in [0.1, 0.15) is 58.1 Å². The summed E-state index contributed by atoms with van der Waals surface area (Å²) in [4.78, 5) is 0. The minimum Gasteiger partial charge on any atom is -0.385 e. The van der Waals surface area contributed by atoms with Gasteiger partial charge in [-0.1, -0.05) is 57.5 Å². The number of aliphatic hydroxyl groups is 1. The van der Waals surface area contributed by atoms with Gasteiger partial charge >= 0.3 is 0 Å². The molecule has 1 fully saturated rings. The molecule has 2 rings (SSSR count). The predicted octanol–water partition coefficient (Wildman–Crippen LogP) is 4.42. The molecule has 18 heavy (non-hydrogen) atoms. The van der Waals surface area contributed by atoms with Crippen LogP contribution in [0.15, 0.2) is 24.3 Å². The van der Waals surface area contributed by atoms with Crippen LogP contribution in [0.25, 0.3) is 0 Å². The van der Waals surface area contributed by atoms with Gasteiger partial charge in [0.1, 0.15) is 0 Å². The molecule has 1 aliphatic rings. The molecule has 1 nitrogen and oxygen atoms in total. The van der Waals surface area contributed by atoms with Gasteiger partial charge in [0.05, 0.1) is 5.60 Å². The van der Waals surface area contributed by atoms with Gasteiger partial charge in [-0.3, -0.25) is 0 Å². The van der Waals surface area contributed by atoms with Crippen molar-refractivity contribution in [1.82, 2.24) is 0 Å². The van der Waals surface area contributed by atoms with E-state index in [1.54, 1.807) is 0 Å². The molecule has 1 aromatic carbocycles. The highest BCUT2D eigenvalue weighted by atomic mass is 16.3. The van der Waals surface area contributed by atoms with E-state index in [1.165, 1.54) is 12.0 Å². The third kappa shape index (κ3) is 2.77. The van der Waals surface area contributed by atoms with Crippen LogP contribution in [-0.2, 0) is 5.60 Å². The molecule has 1 N–H and O–H groups in total. The van der Waals surface area contributed by atoms with E-state index in [1.807, 2.05) is 0 Å². The van der Waals surface area contributed by atoms with Gasteiger partial charge in [-0.2, -0.15) is 0 Å². The van der Waals surface area contributed by atoms with Crippen molar-refractivity contribution >= 4 is 0 Å². The fourth-order valence-corrected chi connectivity index (χ4v) is 4.21. The smallest absolute Gasteiger partial charge is 0.0906 e. The molecule has 0 saturated heterocycles. The minimum absolute atomic E-state index is 0.195. The second-order valence-corrected chi connectivity index (χ2v) is 7.76. The maximum Gasteiger partial charge on any atom is 0.0906 e. The highest BCUT2D eigenvalue weighted by molar-refractivity contribution is 5.29. The van der Waals surface area contributed by atoms with Crippen LogP contribution in [0, 0.1) is 17.8 Å². The average Bonchev–Trinajstić information content (AvgIpc) is 2.11. The fourth-order valence-electron chi connectivity index (χ4n) is 4.21. The highest BCUT2D eigenvalue weighted by Gasteiger charge is 2.47. The summed E-state index contributed by atoms with van der Waals surface area (Å²) in [5, 5.41) is 11.1. The quantitative estimate of drug-likeness (QED) is 0.777. The summed E-state index contributed by atoms with van der Waals surface area (Å²) in [6.07, 6.45) is 2.88. The van der Waals surface area contributed by atoms with Crippen molar-refractivity contribution in [1.29, 1.82) is 0 Å². The number of hydrogen-bond acceptors (Lipinski definition) is 1. The van der Waals surface area contributed by atoms with Gasteiger partial charge < -0.3 is 5.11 Å². The van der Waals surface area contributed by atoms with E-state index < -0.39 is 5.60 Å². The zero-order valence-corrected chi connectivity index (χ0v) is 12.4. The Morgan fingerprint density at radius 3 is 2.00 bits per heavy atom. The van der Waals surface area contributed by atoms with E-state index in [9.17, 15) is 5.11 Å². The van der Waals surface area contributed by atoms with E-state index >= 15 is 0 Å². The molecule has 1 aliphatic carbocycles. The van der Waals surface area contributed by atoms with Crippen molar-refractivity contribution in [3.05, 3.63) is 35.4 Å². The van der Waals surface area contributed by atoms with Crippen LogP contribution in [-0.4, -0.2) is 5.11 Å². The summed E-state index contributed by atoms with van der Waals surface area (Å²) in [5.41, 5.74) is 2.03. The molecule has 0 radical (unpaired) electrons. The van der Waals surface area contributed by atoms with Crippen molar-refractivity contribution in [2.75, 3.05) is 0 Å². The SMILES string of the molecule is Cc1cccc(C2(O)CC(C)(C)CC(C)(C)C2)c1. The van der Waals surface area contributed by atoms with E-state index in [4.69, 9.17) is 0 Å². The number of benzene rings is 1. The summed E-state index contributed by atoms with van der Waals surface area (Å²) in [6.45, 7) is 11.2. The van der Waals surface area contributed by atoms with Gasteiger partial charge in [0.25, 0.3) is 0 Å². The Morgan fingerprint density at radius 2 is 1.50 bits per heavy atom. The molecule has 0 aliphatic heterocycles. The van der Waals surface area contributed by atoms with Gasteiger partial charge in [0, 0.05) is 0 Å². The van der Waals surface area contributed by atoms with Crippen LogP contribution >= 0.6 is 0 Å². The van der Waals surface area contributed by atoms with Gasteiger partial charge in [0.2, 0.25) is 0 Å². The van der Waals surface area contributed by atoms with E-state index in [0.717, 1.165) is 18.4 Å². The monoisotopic (exact) mass is 246 g/mol. The van der Waals surface area contributed by atoms with Gasteiger partial charge in [-0.15, -0.1) is 0 Å². The first-order valence-electron chi connectivity index (χ1n) is 6.92. The summed E-state index contributed by atoms with van der Waals surface area (Å²) in [5.74, 6) is 0. The van der Waals surface area contributed by atoms with Crippen molar-refractivity contribution in [3.63, 3.8) is 0 Å². The number of hydrogen-bond donors (Lipinski definition) is 1. The highest BCUT2D eigenvalue weighted by Crippen LogP contribution is 2.53. The van der Waals surface area contributed by atoms with Crippen LogP contribution in [0.5, 0.6) is 0 Å². The van der Waals surface area contributed by atoms with Crippen LogP contribution in [0.4, 0.5) is 0 Å². The molecule has 100 valence electrons.